The maximum absolute atomic E-state index is 12.6. The first-order valence-corrected chi connectivity index (χ1v) is 10.9. The summed E-state index contributed by atoms with van der Waals surface area (Å²) in [6.45, 7) is 3.24. The maximum Gasteiger partial charge on any atom is 0.257 e. The number of rotatable bonds is 5. The van der Waals surface area contributed by atoms with Gasteiger partial charge in [-0.15, -0.1) is 0 Å². The van der Waals surface area contributed by atoms with E-state index in [9.17, 15) is 9.59 Å². The van der Waals surface area contributed by atoms with Crippen LogP contribution in [0.4, 0.5) is 17.1 Å². The lowest BCUT2D eigenvalue weighted by Gasteiger charge is -2.26. The highest BCUT2D eigenvalue weighted by molar-refractivity contribution is 6.12. The van der Waals surface area contributed by atoms with Gasteiger partial charge >= 0.3 is 0 Å². The molecule has 0 atom stereocenters. The third kappa shape index (κ3) is 5.45. The first kappa shape index (κ1) is 22.7. The average molecular weight is 452 g/mol. The third-order valence-electron chi connectivity index (χ3n) is 5.32. The summed E-state index contributed by atoms with van der Waals surface area (Å²) in [4.78, 5) is 32.2. The molecule has 3 aromatic carbocycles. The number of fused-ring (bicyclic) bond motifs is 2. The molecule has 0 spiro atoms. The number of anilines is 3. The van der Waals surface area contributed by atoms with E-state index in [0.29, 0.717) is 25.1 Å². The predicted molar refractivity (Wildman–Crippen MR) is 133 cm³/mol. The van der Waals surface area contributed by atoms with Crippen LogP contribution in [0.5, 0.6) is 0 Å². The summed E-state index contributed by atoms with van der Waals surface area (Å²) in [5, 5.41) is 5.56. The van der Waals surface area contributed by atoms with Crippen LogP contribution >= 0.6 is 0 Å². The van der Waals surface area contributed by atoms with Crippen LogP contribution in [0.25, 0.3) is 0 Å². The topological polar surface area (TPSA) is 87.2 Å². The number of amides is 2. The quantitative estimate of drug-likeness (QED) is 0.432. The van der Waals surface area contributed by atoms with Crippen molar-refractivity contribution < 1.29 is 9.59 Å². The molecule has 0 saturated carbocycles. The van der Waals surface area contributed by atoms with Crippen LogP contribution < -0.4 is 15.5 Å². The summed E-state index contributed by atoms with van der Waals surface area (Å²) in [5.74, 6) is -0.0620. The molecule has 0 aliphatic carbocycles. The molecule has 0 unspecified atom stereocenters. The van der Waals surface area contributed by atoms with E-state index in [0.717, 1.165) is 28.2 Å². The van der Waals surface area contributed by atoms with Gasteiger partial charge in [0.05, 0.1) is 22.6 Å². The second-order valence-corrected chi connectivity index (χ2v) is 7.81. The first-order chi connectivity index (χ1) is 16.7. The molecule has 0 saturated heterocycles. The van der Waals surface area contributed by atoms with Gasteiger partial charge in [0.15, 0.2) is 0 Å². The van der Waals surface area contributed by atoms with E-state index in [4.69, 9.17) is 0 Å². The van der Waals surface area contributed by atoms with Crippen LogP contribution in [0.2, 0.25) is 0 Å². The zero-order valence-corrected chi connectivity index (χ0v) is 18.8. The lowest BCUT2D eigenvalue weighted by Crippen LogP contribution is -2.17. The number of hydrogen-bond acceptors (Lipinski definition) is 5. The van der Waals surface area contributed by atoms with Gasteiger partial charge in [0.25, 0.3) is 5.91 Å². The number of nitrogens with zero attached hydrogens (tertiary/aromatic N) is 3. The maximum atomic E-state index is 12.6. The van der Waals surface area contributed by atoms with Crippen molar-refractivity contribution in [3.8, 4) is 0 Å². The Balaban J connectivity index is 0.000000231. The van der Waals surface area contributed by atoms with Crippen molar-refractivity contribution >= 4 is 29.4 Å². The molecule has 0 radical (unpaired) electrons. The van der Waals surface area contributed by atoms with Crippen LogP contribution in [0.15, 0.2) is 91.5 Å². The highest BCUT2D eigenvalue weighted by Crippen LogP contribution is 2.39. The van der Waals surface area contributed by atoms with Crippen LogP contribution in [0.1, 0.15) is 27.0 Å². The molecular weight excluding hydrogens is 426 g/mol. The second-order valence-electron chi connectivity index (χ2n) is 7.81. The number of benzene rings is 3. The van der Waals surface area contributed by atoms with Gasteiger partial charge in [0, 0.05) is 31.0 Å². The van der Waals surface area contributed by atoms with Crippen molar-refractivity contribution in [3.63, 3.8) is 0 Å². The lowest BCUT2D eigenvalue weighted by atomic mass is 10.1. The Morgan fingerprint density at radius 3 is 2.41 bits per heavy atom. The van der Waals surface area contributed by atoms with E-state index >= 15 is 0 Å². The number of aromatic nitrogens is 2. The Kier molecular flexibility index (Phi) is 7.25. The molecule has 1 aliphatic heterocycles. The molecule has 7 nitrogen and oxygen atoms in total. The van der Waals surface area contributed by atoms with Gasteiger partial charge in [-0.25, -0.2) is 9.97 Å². The SMILES string of the molecule is Cc1ccc2c(c1)NC(=O)c1ccccc1N2Cc1ccccc1.O=CNCc1cncnc1. The first-order valence-electron chi connectivity index (χ1n) is 10.9. The van der Waals surface area contributed by atoms with E-state index < -0.39 is 0 Å². The molecule has 4 aromatic rings. The van der Waals surface area contributed by atoms with Gasteiger partial charge in [-0.1, -0.05) is 48.5 Å². The van der Waals surface area contributed by atoms with Crippen molar-refractivity contribution in [1.29, 1.82) is 0 Å². The minimum Gasteiger partial charge on any atom is -0.354 e. The van der Waals surface area contributed by atoms with E-state index in [2.05, 4.69) is 49.8 Å². The van der Waals surface area contributed by atoms with Crippen molar-refractivity contribution in [1.82, 2.24) is 15.3 Å². The molecule has 1 aromatic heterocycles. The molecule has 1 aliphatic rings. The van der Waals surface area contributed by atoms with Gasteiger partial charge in [0.2, 0.25) is 6.41 Å². The largest absolute Gasteiger partial charge is 0.354 e. The fourth-order valence-electron chi connectivity index (χ4n) is 3.72. The normalized spacial score (nSPS) is 11.7. The second kappa shape index (κ2) is 10.9. The van der Waals surface area contributed by atoms with Crippen LogP contribution in [-0.4, -0.2) is 22.3 Å². The lowest BCUT2D eigenvalue weighted by molar-refractivity contribution is -0.109. The number of nitrogens with one attached hydrogen (secondary N) is 2. The molecule has 0 fully saturated rings. The fourth-order valence-corrected chi connectivity index (χ4v) is 3.72. The number of carbonyl (C=O) groups excluding carboxylic acids is 2. The molecule has 5 rings (SSSR count). The average Bonchev–Trinajstić information content (AvgIpc) is 2.98. The minimum absolute atomic E-state index is 0.0620. The Labute approximate surface area is 198 Å². The van der Waals surface area contributed by atoms with Crippen molar-refractivity contribution in [2.75, 3.05) is 10.2 Å². The van der Waals surface area contributed by atoms with E-state index in [1.807, 2.05) is 55.5 Å². The Hall–Kier alpha value is -4.52. The molecule has 2 N–H and O–H groups in total. The van der Waals surface area contributed by atoms with E-state index in [1.54, 1.807) is 12.4 Å². The number of aryl methyl sites for hydroxylation is 1. The zero-order chi connectivity index (χ0) is 23.8. The van der Waals surface area contributed by atoms with E-state index in [1.165, 1.54) is 11.9 Å². The third-order valence-corrected chi connectivity index (χ3v) is 5.32. The van der Waals surface area contributed by atoms with Crippen LogP contribution in [-0.2, 0) is 17.9 Å². The molecule has 170 valence electrons. The van der Waals surface area contributed by atoms with Crippen molar-refractivity contribution in [3.05, 3.63) is 114 Å². The number of carbonyl (C=O) groups is 2. The Bertz CT molecular complexity index is 1260. The standard InChI is InChI=1S/C21H18N2O.C6H7N3O/c1-15-11-12-20-18(13-15)22-21(24)17-9-5-6-10-19(17)23(20)14-16-7-3-2-4-8-16;10-5-9-3-6-1-7-4-8-2-6/h2-13H,14H2,1H3,(H,22,24);1-2,4-5H,3H2,(H,9,10). The van der Waals surface area contributed by atoms with Gasteiger partial charge in [-0.2, -0.15) is 0 Å². The summed E-state index contributed by atoms with van der Waals surface area (Å²) in [7, 11) is 0. The molecule has 2 heterocycles. The summed E-state index contributed by atoms with van der Waals surface area (Å²) < 4.78 is 0. The Morgan fingerprint density at radius 1 is 0.912 bits per heavy atom. The minimum atomic E-state index is -0.0620. The monoisotopic (exact) mass is 451 g/mol. The number of hydrogen-bond donors (Lipinski definition) is 2. The van der Waals surface area contributed by atoms with Gasteiger partial charge in [0.1, 0.15) is 6.33 Å². The molecule has 34 heavy (non-hydrogen) atoms. The number of para-hydroxylation sites is 1. The fraction of sp³-hybridized carbons (Fsp3) is 0.111. The summed E-state index contributed by atoms with van der Waals surface area (Å²) in [6.07, 6.45) is 5.41. The zero-order valence-electron chi connectivity index (χ0n) is 18.8. The Morgan fingerprint density at radius 2 is 1.65 bits per heavy atom. The van der Waals surface area contributed by atoms with E-state index in [-0.39, 0.29) is 5.91 Å². The summed E-state index contributed by atoms with van der Waals surface area (Å²) in [5.41, 5.74) is 6.72. The smallest absolute Gasteiger partial charge is 0.257 e. The summed E-state index contributed by atoms with van der Waals surface area (Å²) in [6, 6.07) is 24.3. The van der Waals surface area contributed by atoms with Crippen LogP contribution in [0.3, 0.4) is 0 Å². The van der Waals surface area contributed by atoms with Gasteiger partial charge in [-0.3, -0.25) is 9.59 Å². The summed E-state index contributed by atoms with van der Waals surface area (Å²) >= 11 is 0. The van der Waals surface area contributed by atoms with Gasteiger partial charge in [-0.05, 0) is 42.3 Å². The van der Waals surface area contributed by atoms with Crippen molar-refractivity contribution in [2.24, 2.45) is 0 Å². The predicted octanol–water partition coefficient (Wildman–Crippen LogP) is 4.62. The highest BCUT2D eigenvalue weighted by Gasteiger charge is 2.24. The molecule has 2 amide bonds. The molecule has 0 bridgehead atoms. The van der Waals surface area contributed by atoms with Crippen LogP contribution in [0, 0.1) is 6.92 Å². The highest BCUT2D eigenvalue weighted by atomic mass is 16.1. The van der Waals surface area contributed by atoms with Crippen molar-refractivity contribution in [2.45, 2.75) is 20.0 Å². The molecular formula is C27H25N5O2. The van der Waals surface area contributed by atoms with Gasteiger partial charge < -0.3 is 15.5 Å². The molecule has 7 heteroatoms.